The van der Waals surface area contributed by atoms with Gasteiger partial charge in [-0.25, -0.2) is 0 Å². The van der Waals surface area contributed by atoms with Gasteiger partial charge in [0.25, 0.3) is 0 Å². The number of hydrogen-bond acceptors (Lipinski definition) is 2. The molecule has 0 aliphatic carbocycles. The first kappa shape index (κ1) is 12.3. The maximum Gasteiger partial charge on any atom is 0.222 e. The summed E-state index contributed by atoms with van der Waals surface area (Å²) in [7, 11) is 1.71. The molecular formula is C13H17NO2. The zero-order valence-corrected chi connectivity index (χ0v) is 9.93. The summed E-state index contributed by atoms with van der Waals surface area (Å²) in [5, 5.41) is 0. The van der Waals surface area contributed by atoms with Gasteiger partial charge in [-0.1, -0.05) is 30.9 Å². The summed E-state index contributed by atoms with van der Waals surface area (Å²) in [6.07, 6.45) is 1.44. The number of nitrogens with zero attached hydrogens (tertiary/aromatic N) is 1. The normalized spacial score (nSPS) is 11.7. The second-order valence-corrected chi connectivity index (χ2v) is 3.59. The fraction of sp³-hybridized carbons (Fsp3) is 0.308. The number of carbonyl (C=O) groups is 1. The van der Waals surface area contributed by atoms with E-state index >= 15 is 0 Å². The highest BCUT2D eigenvalue weighted by Gasteiger charge is 2.13. The van der Waals surface area contributed by atoms with E-state index in [4.69, 9.17) is 4.74 Å². The Labute approximate surface area is 96.3 Å². The third-order valence-corrected chi connectivity index (χ3v) is 2.48. The summed E-state index contributed by atoms with van der Waals surface area (Å²) in [6.45, 7) is 7.07. The lowest BCUT2D eigenvalue weighted by Gasteiger charge is -2.25. The van der Waals surface area contributed by atoms with Crippen LogP contribution in [0, 0.1) is 0 Å². The third kappa shape index (κ3) is 2.86. The molecule has 0 aliphatic heterocycles. The average molecular weight is 219 g/mol. The van der Waals surface area contributed by atoms with Gasteiger partial charge in [-0.05, 0) is 13.0 Å². The fourth-order valence-electron chi connectivity index (χ4n) is 1.28. The molecule has 86 valence electrons. The molecule has 0 saturated heterocycles. The SMILES string of the molecule is C=Cc1ccccc1OC(C)N(C)C(C)=O. The Hall–Kier alpha value is -1.77. The van der Waals surface area contributed by atoms with E-state index in [0.29, 0.717) is 0 Å². The van der Waals surface area contributed by atoms with Gasteiger partial charge in [0.05, 0.1) is 0 Å². The van der Waals surface area contributed by atoms with E-state index in [1.165, 1.54) is 6.92 Å². The first-order valence-corrected chi connectivity index (χ1v) is 5.17. The highest BCUT2D eigenvalue weighted by Crippen LogP contribution is 2.20. The maximum atomic E-state index is 11.2. The number of carbonyl (C=O) groups excluding carboxylic acids is 1. The zero-order valence-electron chi connectivity index (χ0n) is 9.93. The van der Waals surface area contributed by atoms with Crippen molar-refractivity contribution in [1.82, 2.24) is 4.90 Å². The molecule has 0 aromatic heterocycles. The van der Waals surface area contributed by atoms with Gasteiger partial charge in [0.1, 0.15) is 5.75 Å². The summed E-state index contributed by atoms with van der Waals surface area (Å²) >= 11 is 0. The Kier molecular flexibility index (Phi) is 4.11. The molecule has 0 bridgehead atoms. The second kappa shape index (κ2) is 5.35. The van der Waals surface area contributed by atoms with Crippen molar-refractivity contribution in [3.05, 3.63) is 36.4 Å². The van der Waals surface area contributed by atoms with Gasteiger partial charge >= 0.3 is 0 Å². The Balaban J connectivity index is 2.80. The Morgan fingerprint density at radius 2 is 2.12 bits per heavy atom. The summed E-state index contributed by atoms with van der Waals surface area (Å²) in [5.74, 6) is 0.710. The summed E-state index contributed by atoms with van der Waals surface area (Å²) in [5.41, 5.74) is 0.923. The van der Waals surface area contributed by atoms with E-state index in [1.807, 2.05) is 31.2 Å². The molecule has 1 unspecified atom stereocenters. The van der Waals surface area contributed by atoms with Crippen molar-refractivity contribution >= 4 is 12.0 Å². The minimum absolute atomic E-state index is 0.0245. The van der Waals surface area contributed by atoms with Crippen LogP contribution < -0.4 is 4.74 Å². The van der Waals surface area contributed by atoms with Crippen LogP contribution in [0.25, 0.3) is 6.08 Å². The monoisotopic (exact) mass is 219 g/mol. The highest BCUT2D eigenvalue weighted by atomic mass is 16.5. The molecule has 0 radical (unpaired) electrons. The Bertz CT molecular complexity index is 387. The smallest absolute Gasteiger partial charge is 0.222 e. The lowest BCUT2D eigenvalue weighted by atomic mass is 10.2. The van der Waals surface area contributed by atoms with E-state index in [9.17, 15) is 4.79 Å². The lowest BCUT2D eigenvalue weighted by molar-refractivity contribution is -0.134. The van der Waals surface area contributed by atoms with Crippen LogP contribution in [-0.4, -0.2) is 24.1 Å². The molecule has 1 aromatic rings. The van der Waals surface area contributed by atoms with Crippen molar-refractivity contribution < 1.29 is 9.53 Å². The number of ether oxygens (including phenoxy) is 1. The molecule has 0 aliphatic rings. The first-order chi connectivity index (χ1) is 7.56. The Morgan fingerprint density at radius 1 is 1.50 bits per heavy atom. The number of benzene rings is 1. The van der Waals surface area contributed by atoms with E-state index in [-0.39, 0.29) is 12.1 Å². The molecule has 0 spiro atoms. The molecule has 0 heterocycles. The maximum absolute atomic E-state index is 11.2. The first-order valence-electron chi connectivity index (χ1n) is 5.17. The molecule has 1 atom stereocenters. The van der Waals surface area contributed by atoms with Crippen LogP contribution in [0.15, 0.2) is 30.8 Å². The van der Waals surface area contributed by atoms with Crippen LogP contribution in [0.2, 0.25) is 0 Å². The quantitative estimate of drug-likeness (QED) is 0.728. The van der Waals surface area contributed by atoms with Crippen molar-refractivity contribution in [3.63, 3.8) is 0 Å². The molecule has 16 heavy (non-hydrogen) atoms. The van der Waals surface area contributed by atoms with E-state index in [0.717, 1.165) is 11.3 Å². The van der Waals surface area contributed by atoms with Crippen LogP contribution in [-0.2, 0) is 4.79 Å². The van der Waals surface area contributed by atoms with Gasteiger partial charge in [0.15, 0.2) is 6.23 Å². The van der Waals surface area contributed by atoms with Crippen molar-refractivity contribution in [2.24, 2.45) is 0 Å². The Morgan fingerprint density at radius 3 is 2.69 bits per heavy atom. The second-order valence-electron chi connectivity index (χ2n) is 3.59. The molecule has 3 nitrogen and oxygen atoms in total. The van der Waals surface area contributed by atoms with Gasteiger partial charge in [0.2, 0.25) is 5.91 Å². The van der Waals surface area contributed by atoms with E-state index < -0.39 is 0 Å². The molecule has 0 N–H and O–H groups in total. The van der Waals surface area contributed by atoms with E-state index in [1.54, 1.807) is 18.0 Å². The van der Waals surface area contributed by atoms with Crippen LogP contribution >= 0.6 is 0 Å². The third-order valence-electron chi connectivity index (χ3n) is 2.48. The highest BCUT2D eigenvalue weighted by molar-refractivity contribution is 5.73. The minimum Gasteiger partial charge on any atom is -0.470 e. The van der Waals surface area contributed by atoms with Gasteiger partial charge in [0, 0.05) is 19.5 Å². The van der Waals surface area contributed by atoms with Crippen LogP contribution in [0.5, 0.6) is 5.75 Å². The summed E-state index contributed by atoms with van der Waals surface area (Å²) < 4.78 is 5.69. The number of amides is 1. The molecule has 1 rings (SSSR count). The summed E-state index contributed by atoms with van der Waals surface area (Å²) in [6, 6.07) is 7.59. The number of para-hydroxylation sites is 1. The van der Waals surface area contributed by atoms with E-state index in [2.05, 4.69) is 6.58 Å². The zero-order chi connectivity index (χ0) is 12.1. The molecule has 1 amide bonds. The molecule has 3 heteroatoms. The van der Waals surface area contributed by atoms with Crippen LogP contribution in [0.1, 0.15) is 19.4 Å². The van der Waals surface area contributed by atoms with Crippen LogP contribution in [0.4, 0.5) is 0 Å². The largest absolute Gasteiger partial charge is 0.470 e. The minimum atomic E-state index is -0.293. The van der Waals surface area contributed by atoms with Crippen LogP contribution in [0.3, 0.4) is 0 Å². The standard InChI is InChI=1S/C13H17NO2/c1-5-12-8-6-7-9-13(12)16-11(3)14(4)10(2)15/h5-9,11H,1H2,2-4H3. The van der Waals surface area contributed by atoms with Gasteiger partial charge in [-0.2, -0.15) is 0 Å². The van der Waals surface area contributed by atoms with Crippen molar-refractivity contribution in [2.75, 3.05) is 7.05 Å². The van der Waals surface area contributed by atoms with Gasteiger partial charge < -0.3 is 9.64 Å². The average Bonchev–Trinajstić information content (AvgIpc) is 2.28. The number of hydrogen-bond donors (Lipinski definition) is 0. The van der Waals surface area contributed by atoms with Crippen molar-refractivity contribution in [2.45, 2.75) is 20.1 Å². The molecule has 0 saturated carbocycles. The van der Waals surface area contributed by atoms with Crippen molar-refractivity contribution in [1.29, 1.82) is 0 Å². The van der Waals surface area contributed by atoms with Gasteiger partial charge in [-0.3, -0.25) is 4.79 Å². The van der Waals surface area contributed by atoms with Crippen molar-refractivity contribution in [3.8, 4) is 5.75 Å². The number of rotatable bonds is 4. The molecular weight excluding hydrogens is 202 g/mol. The molecule has 0 fully saturated rings. The topological polar surface area (TPSA) is 29.5 Å². The summed E-state index contributed by atoms with van der Waals surface area (Å²) in [4.78, 5) is 12.7. The fourth-order valence-corrected chi connectivity index (χ4v) is 1.28. The predicted molar refractivity (Wildman–Crippen MR) is 65.1 cm³/mol. The van der Waals surface area contributed by atoms with Gasteiger partial charge in [-0.15, -0.1) is 0 Å². The lowest BCUT2D eigenvalue weighted by Crippen LogP contribution is -2.37. The predicted octanol–water partition coefficient (Wildman–Crippen LogP) is 2.53. The molecule has 1 aromatic carbocycles.